The second-order valence-corrected chi connectivity index (χ2v) is 5.12. The Hall–Kier alpha value is -3.02. The largest absolute Gasteiger partial charge is 0.497 e. The molecular weight excluding hydrogens is 308 g/mol. The summed E-state index contributed by atoms with van der Waals surface area (Å²) in [6.45, 7) is 1.72. The Balaban J connectivity index is 2.08. The fraction of sp³-hybridized carbons (Fsp3) is 0.222. The van der Waals surface area contributed by atoms with Crippen molar-refractivity contribution < 1.29 is 19.1 Å². The number of anilines is 1. The predicted octanol–water partition coefficient (Wildman–Crippen LogP) is 2.59. The molecule has 0 heterocycles. The molecule has 2 N–H and O–H groups in total. The molecule has 2 aromatic carbocycles. The zero-order chi connectivity index (χ0) is 17.5. The van der Waals surface area contributed by atoms with Crippen LogP contribution in [0.25, 0.3) is 0 Å². The Kier molecular flexibility index (Phi) is 5.78. The van der Waals surface area contributed by atoms with Crippen molar-refractivity contribution in [2.75, 3.05) is 19.5 Å². The Labute approximate surface area is 140 Å². The summed E-state index contributed by atoms with van der Waals surface area (Å²) in [5.74, 6) is 0.966. The molecule has 0 aliphatic carbocycles. The smallest absolute Gasteiger partial charge is 0.251 e. The fourth-order valence-electron chi connectivity index (χ4n) is 2.22. The highest BCUT2D eigenvalue weighted by molar-refractivity contribution is 5.94. The van der Waals surface area contributed by atoms with Gasteiger partial charge in [-0.25, -0.2) is 0 Å². The molecule has 0 radical (unpaired) electrons. The van der Waals surface area contributed by atoms with E-state index in [1.54, 1.807) is 56.7 Å². The van der Waals surface area contributed by atoms with Crippen molar-refractivity contribution in [3.63, 3.8) is 0 Å². The van der Waals surface area contributed by atoms with Crippen molar-refractivity contribution in [1.82, 2.24) is 5.32 Å². The van der Waals surface area contributed by atoms with E-state index in [2.05, 4.69) is 10.6 Å². The van der Waals surface area contributed by atoms with Gasteiger partial charge in [0.1, 0.15) is 11.5 Å². The summed E-state index contributed by atoms with van der Waals surface area (Å²) in [6, 6.07) is 12.1. The molecule has 0 spiro atoms. The van der Waals surface area contributed by atoms with E-state index in [-0.39, 0.29) is 18.4 Å². The van der Waals surface area contributed by atoms with Gasteiger partial charge in [-0.3, -0.25) is 9.59 Å². The van der Waals surface area contributed by atoms with Crippen LogP contribution in [0.15, 0.2) is 42.5 Å². The lowest BCUT2D eigenvalue weighted by molar-refractivity contribution is -0.114. The molecule has 0 aromatic heterocycles. The van der Waals surface area contributed by atoms with Crippen molar-refractivity contribution in [2.45, 2.75) is 13.5 Å². The van der Waals surface area contributed by atoms with Crippen molar-refractivity contribution in [2.24, 2.45) is 0 Å². The molecule has 126 valence electrons. The number of hydrogen-bond acceptors (Lipinski definition) is 4. The Bertz CT molecular complexity index is 726. The van der Waals surface area contributed by atoms with Crippen LogP contribution in [0.4, 0.5) is 5.69 Å². The van der Waals surface area contributed by atoms with E-state index < -0.39 is 0 Å². The molecular formula is C18H20N2O4. The standard InChI is InChI=1S/C18H20N2O4/c1-12(21)20-15-6-9-17(24-3)14(10-15)11-19-18(22)13-4-7-16(23-2)8-5-13/h4-10H,11H2,1-3H3,(H,19,22)(H,20,21). The second kappa shape index (κ2) is 8.01. The Morgan fingerprint density at radius 2 is 1.71 bits per heavy atom. The highest BCUT2D eigenvalue weighted by Gasteiger charge is 2.09. The number of ether oxygens (including phenoxy) is 2. The van der Waals surface area contributed by atoms with Crippen LogP contribution in [0.3, 0.4) is 0 Å². The zero-order valence-electron chi connectivity index (χ0n) is 13.9. The summed E-state index contributed by atoms with van der Waals surface area (Å²) in [5.41, 5.74) is 1.95. The number of benzene rings is 2. The zero-order valence-corrected chi connectivity index (χ0v) is 13.9. The van der Waals surface area contributed by atoms with E-state index >= 15 is 0 Å². The molecule has 0 aliphatic heterocycles. The topological polar surface area (TPSA) is 76.7 Å². The number of nitrogens with one attached hydrogen (secondary N) is 2. The maximum Gasteiger partial charge on any atom is 0.251 e. The molecule has 0 unspecified atom stereocenters. The first kappa shape index (κ1) is 17.3. The molecule has 2 aromatic rings. The summed E-state index contributed by atoms with van der Waals surface area (Å²) >= 11 is 0. The molecule has 0 aliphatic rings. The number of rotatable bonds is 6. The number of carbonyl (C=O) groups excluding carboxylic acids is 2. The van der Waals surface area contributed by atoms with E-state index in [1.807, 2.05) is 0 Å². The third-order valence-corrected chi connectivity index (χ3v) is 3.39. The van der Waals surface area contributed by atoms with Gasteiger partial charge in [0.25, 0.3) is 5.91 Å². The SMILES string of the molecule is COc1ccc(C(=O)NCc2cc(NC(C)=O)ccc2OC)cc1. The maximum absolute atomic E-state index is 12.2. The minimum atomic E-state index is -0.204. The summed E-state index contributed by atoms with van der Waals surface area (Å²) in [5, 5.41) is 5.54. The van der Waals surface area contributed by atoms with Gasteiger partial charge in [-0.2, -0.15) is 0 Å². The highest BCUT2D eigenvalue weighted by atomic mass is 16.5. The normalized spacial score (nSPS) is 9.96. The van der Waals surface area contributed by atoms with Gasteiger partial charge in [-0.05, 0) is 42.5 Å². The minimum absolute atomic E-state index is 0.159. The first-order valence-electron chi connectivity index (χ1n) is 7.40. The molecule has 0 bridgehead atoms. The summed E-state index contributed by atoms with van der Waals surface area (Å²) in [7, 11) is 3.13. The predicted molar refractivity (Wildman–Crippen MR) is 91.5 cm³/mol. The summed E-state index contributed by atoms with van der Waals surface area (Å²) < 4.78 is 10.4. The monoisotopic (exact) mass is 328 g/mol. The van der Waals surface area contributed by atoms with Gasteiger partial charge in [0.2, 0.25) is 5.91 Å². The summed E-state index contributed by atoms with van der Waals surface area (Å²) in [6.07, 6.45) is 0. The van der Waals surface area contributed by atoms with Crippen LogP contribution in [0, 0.1) is 0 Å². The molecule has 2 rings (SSSR count). The van der Waals surface area contributed by atoms with Gasteiger partial charge in [-0.1, -0.05) is 0 Å². The number of hydrogen-bond donors (Lipinski definition) is 2. The number of carbonyl (C=O) groups is 2. The van der Waals surface area contributed by atoms with Gasteiger partial charge in [0, 0.05) is 30.3 Å². The first-order valence-corrected chi connectivity index (χ1v) is 7.40. The van der Waals surface area contributed by atoms with Crippen molar-refractivity contribution in [3.8, 4) is 11.5 Å². The van der Waals surface area contributed by atoms with Gasteiger partial charge in [-0.15, -0.1) is 0 Å². The minimum Gasteiger partial charge on any atom is -0.497 e. The molecule has 0 saturated carbocycles. The number of methoxy groups -OCH3 is 2. The fourth-order valence-corrected chi connectivity index (χ4v) is 2.22. The third kappa shape index (κ3) is 4.49. The third-order valence-electron chi connectivity index (χ3n) is 3.39. The molecule has 6 nitrogen and oxygen atoms in total. The molecule has 2 amide bonds. The second-order valence-electron chi connectivity index (χ2n) is 5.12. The average molecular weight is 328 g/mol. The van der Waals surface area contributed by atoms with Gasteiger partial charge in [0.15, 0.2) is 0 Å². The first-order chi connectivity index (χ1) is 11.5. The van der Waals surface area contributed by atoms with Crippen LogP contribution in [0.1, 0.15) is 22.8 Å². The molecule has 24 heavy (non-hydrogen) atoms. The quantitative estimate of drug-likeness (QED) is 0.854. The van der Waals surface area contributed by atoms with Crippen molar-refractivity contribution in [1.29, 1.82) is 0 Å². The average Bonchev–Trinajstić information content (AvgIpc) is 2.59. The van der Waals surface area contributed by atoms with E-state index in [4.69, 9.17) is 9.47 Å². The van der Waals surface area contributed by atoms with Crippen LogP contribution in [-0.2, 0) is 11.3 Å². The van der Waals surface area contributed by atoms with Crippen LogP contribution in [0.2, 0.25) is 0 Å². The highest BCUT2D eigenvalue weighted by Crippen LogP contribution is 2.22. The Morgan fingerprint density at radius 1 is 1.00 bits per heavy atom. The van der Waals surface area contributed by atoms with Crippen molar-refractivity contribution >= 4 is 17.5 Å². The number of amides is 2. The van der Waals surface area contributed by atoms with Gasteiger partial charge < -0.3 is 20.1 Å². The van der Waals surface area contributed by atoms with Crippen LogP contribution in [0.5, 0.6) is 11.5 Å². The maximum atomic E-state index is 12.2. The van der Waals surface area contributed by atoms with E-state index in [1.165, 1.54) is 6.92 Å². The Morgan fingerprint density at radius 3 is 2.29 bits per heavy atom. The van der Waals surface area contributed by atoms with Crippen LogP contribution in [-0.4, -0.2) is 26.0 Å². The van der Waals surface area contributed by atoms with Crippen molar-refractivity contribution in [3.05, 3.63) is 53.6 Å². The molecule has 0 fully saturated rings. The molecule has 0 saturated heterocycles. The lowest BCUT2D eigenvalue weighted by atomic mass is 10.1. The van der Waals surface area contributed by atoms with Crippen LogP contribution >= 0.6 is 0 Å². The molecule has 6 heteroatoms. The van der Waals surface area contributed by atoms with Gasteiger partial charge in [0.05, 0.1) is 14.2 Å². The van der Waals surface area contributed by atoms with E-state index in [9.17, 15) is 9.59 Å². The van der Waals surface area contributed by atoms with Crippen LogP contribution < -0.4 is 20.1 Å². The van der Waals surface area contributed by atoms with E-state index in [0.29, 0.717) is 22.7 Å². The van der Waals surface area contributed by atoms with E-state index in [0.717, 1.165) is 5.56 Å². The lowest BCUT2D eigenvalue weighted by Crippen LogP contribution is -2.23. The molecule has 0 atom stereocenters. The van der Waals surface area contributed by atoms with Gasteiger partial charge >= 0.3 is 0 Å². The lowest BCUT2D eigenvalue weighted by Gasteiger charge is -2.12. The summed E-state index contributed by atoms with van der Waals surface area (Å²) in [4.78, 5) is 23.4.